The van der Waals surface area contributed by atoms with Crippen LogP contribution in [0.2, 0.25) is 5.02 Å². The smallest absolute Gasteiger partial charge is 0.335 e. The molecule has 110 valence electrons. The van der Waals surface area contributed by atoms with E-state index >= 15 is 0 Å². The zero-order valence-corrected chi connectivity index (χ0v) is 11.9. The molecule has 0 fully saturated rings. The lowest BCUT2D eigenvalue weighted by Gasteiger charge is -2.10. The summed E-state index contributed by atoms with van der Waals surface area (Å²) in [7, 11) is -4.00. The Kier molecular flexibility index (Phi) is 4.01. The van der Waals surface area contributed by atoms with Crippen LogP contribution in [0.15, 0.2) is 41.6 Å². The van der Waals surface area contributed by atoms with Gasteiger partial charge in [-0.25, -0.2) is 13.2 Å². The fourth-order valence-corrected chi connectivity index (χ4v) is 2.79. The Bertz CT molecular complexity index is 807. The number of nitrogens with one attached hydrogen (secondary N) is 1. The number of pyridine rings is 1. The summed E-state index contributed by atoms with van der Waals surface area (Å²) in [6.07, 6.45) is 2.37. The summed E-state index contributed by atoms with van der Waals surface area (Å²) in [6.45, 7) is 0. The number of nitrogens with zero attached hydrogens (tertiary/aromatic N) is 1. The van der Waals surface area contributed by atoms with Gasteiger partial charge in [0.1, 0.15) is 10.6 Å². The van der Waals surface area contributed by atoms with Gasteiger partial charge in [-0.05, 0) is 24.3 Å². The number of benzene rings is 1. The standard InChI is InChI=1S/C12H9ClN2O5S/c13-8-4-9(6-14-5-8)21(19,20)15-10-2-1-7(12(17)18)3-11(10)16/h1-6,15-16H,(H,17,18). The van der Waals surface area contributed by atoms with Gasteiger partial charge in [0.05, 0.1) is 16.3 Å². The first-order chi connectivity index (χ1) is 9.79. The number of sulfonamides is 1. The molecule has 0 radical (unpaired) electrons. The molecule has 0 amide bonds. The number of rotatable bonds is 4. The van der Waals surface area contributed by atoms with Gasteiger partial charge in [0.25, 0.3) is 10.0 Å². The Morgan fingerprint density at radius 2 is 1.95 bits per heavy atom. The van der Waals surface area contributed by atoms with Crippen LogP contribution in [0.5, 0.6) is 5.75 Å². The highest BCUT2D eigenvalue weighted by Crippen LogP contribution is 2.27. The van der Waals surface area contributed by atoms with E-state index in [0.717, 1.165) is 24.4 Å². The van der Waals surface area contributed by atoms with Crippen LogP contribution in [0.1, 0.15) is 10.4 Å². The van der Waals surface area contributed by atoms with Gasteiger partial charge in [-0.3, -0.25) is 9.71 Å². The lowest BCUT2D eigenvalue weighted by atomic mass is 10.2. The maximum absolute atomic E-state index is 12.1. The molecule has 0 aliphatic carbocycles. The van der Waals surface area contributed by atoms with Crippen LogP contribution in [-0.2, 0) is 10.0 Å². The highest BCUT2D eigenvalue weighted by Gasteiger charge is 2.17. The number of carbonyl (C=O) groups is 1. The lowest BCUT2D eigenvalue weighted by Crippen LogP contribution is -2.13. The molecule has 3 N–H and O–H groups in total. The van der Waals surface area contributed by atoms with E-state index in [4.69, 9.17) is 16.7 Å². The number of carboxylic acids is 1. The Hall–Kier alpha value is -2.32. The van der Waals surface area contributed by atoms with Crippen molar-refractivity contribution in [3.63, 3.8) is 0 Å². The topological polar surface area (TPSA) is 117 Å². The summed E-state index contributed by atoms with van der Waals surface area (Å²) in [5.74, 6) is -1.74. The molecule has 21 heavy (non-hydrogen) atoms. The van der Waals surface area contributed by atoms with Gasteiger partial charge in [0.2, 0.25) is 0 Å². The zero-order valence-electron chi connectivity index (χ0n) is 10.3. The van der Waals surface area contributed by atoms with E-state index in [1.54, 1.807) is 0 Å². The molecule has 0 saturated carbocycles. The first kappa shape index (κ1) is 15.1. The second kappa shape index (κ2) is 5.58. The molecular weight excluding hydrogens is 320 g/mol. The monoisotopic (exact) mass is 328 g/mol. The minimum atomic E-state index is -4.00. The van der Waals surface area contributed by atoms with Gasteiger partial charge in [0.15, 0.2) is 0 Å². The van der Waals surface area contributed by atoms with Crippen molar-refractivity contribution < 1.29 is 23.4 Å². The lowest BCUT2D eigenvalue weighted by molar-refractivity contribution is 0.0696. The molecule has 0 bridgehead atoms. The predicted molar refractivity (Wildman–Crippen MR) is 75.1 cm³/mol. The van der Waals surface area contributed by atoms with Crippen molar-refractivity contribution in [3.8, 4) is 5.75 Å². The van der Waals surface area contributed by atoms with Gasteiger partial charge >= 0.3 is 5.97 Å². The highest BCUT2D eigenvalue weighted by molar-refractivity contribution is 7.92. The largest absolute Gasteiger partial charge is 0.506 e. The van der Waals surface area contributed by atoms with Gasteiger partial charge in [-0.2, -0.15) is 0 Å². The number of anilines is 1. The first-order valence-corrected chi connectivity index (χ1v) is 7.35. The van der Waals surface area contributed by atoms with Gasteiger partial charge in [0, 0.05) is 12.4 Å². The van der Waals surface area contributed by atoms with E-state index in [-0.39, 0.29) is 21.2 Å². The summed E-state index contributed by atoms with van der Waals surface area (Å²) >= 11 is 5.67. The molecule has 0 unspecified atom stereocenters. The van der Waals surface area contributed by atoms with Crippen molar-refractivity contribution in [1.29, 1.82) is 0 Å². The fourth-order valence-electron chi connectivity index (χ4n) is 1.49. The summed E-state index contributed by atoms with van der Waals surface area (Å²) in [5, 5.41) is 18.6. The number of phenols is 1. The number of hydrogen-bond donors (Lipinski definition) is 3. The molecule has 0 aliphatic heterocycles. The van der Waals surface area contributed by atoms with Crippen LogP contribution in [0.25, 0.3) is 0 Å². The summed E-state index contributed by atoms with van der Waals surface area (Å²) in [6, 6.07) is 4.44. The third-order valence-corrected chi connectivity index (χ3v) is 4.02. The third kappa shape index (κ3) is 3.41. The van der Waals surface area contributed by atoms with Crippen LogP contribution < -0.4 is 4.72 Å². The Morgan fingerprint density at radius 1 is 1.24 bits per heavy atom. The Labute approximate surface area is 124 Å². The second-order valence-electron chi connectivity index (χ2n) is 3.98. The number of carboxylic acid groups (broad SMARTS) is 1. The molecule has 7 nitrogen and oxygen atoms in total. The second-order valence-corrected chi connectivity index (χ2v) is 6.10. The normalized spacial score (nSPS) is 11.1. The zero-order chi connectivity index (χ0) is 15.6. The van der Waals surface area contributed by atoms with E-state index in [2.05, 4.69) is 9.71 Å². The first-order valence-electron chi connectivity index (χ1n) is 5.49. The summed E-state index contributed by atoms with van der Waals surface area (Å²) in [4.78, 5) is 14.2. The van der Waals surface area contributed by atoms with Gasteiger partial charge in [-0.15, -0.1) is 0 Å². The van der Waals surface area contributed by atoms with E-state index in [9.17, 15) is 18.3 Å². The molecule has 0 saturated heterocycles. The number of hydrogen-bond acceptors (Lipinski definition) is 5. The molecule has 2 rings (SSSR count). The molecular formula is C12H9ClN2O5S. The Balaban J connectivity index is 2.35. The van der Waals surface area contributed by atoms with Crippen molar-refractivity contribution in [1.82, 2.24) is 4.98 Å². The van der Waals surface area contributed by atoms with Crippen molar-refractivity contribution in [2.75, 3.05) is 4.72 Å². The molecule has 1 aromatic carbocycles. The summed E-state index contributed by atoms with van der Waals surface area (Å²) in [5.41, 5.74) is -0.320. The van der Waals surface area contributed by atoms with Crippen molar-refractivity contribution >= 4 is 33.3 Å². The van der Waals surface area contributed by atoms with E-state index in [0.29, 0.717) is 0 Å². The third-order valence-electron chi connectivity index (χ3n) is 2.48. The van der Waals surface area contributed by atoms with Crippen LogP contribution >= 0.6 is 11.6 Å². The number of aromatic hydroxyl groups is 1. The molecule has 9 heteroatoms. The molecule has 0 spiro atoms. The minimum absolute atomic E-state index is 0.142. The molecule has 1 heterocycles. The van der Waals surface area contributed by atoms with Crippen molar-refractivity contribution in [3.05, 3.63) is 47.2 Å². The predicted octanol–water partition coefficient (Wildman–Crippen LogP) is 1.94. The van der Waals surface area contributed by atoms with E-state index in [1.165, 1.54) is 12.3 Å². The average molecular weight is 329 g/mol. The molecule has 2 aromatic rings. The van der Waals surface area contributed by atoms with E-state index in [1.807, 2.05) is 0 Å². The van der Waals surface area contributed by atoms with E-state index < -0.39 is 21.7 Å². The maximum Gasteiger partial charge on any atom is 0.335 e. The molecule has 1 aromatic heterocycles. The molecule has 0 aliphatic rings. The van der Waals surface area contributed by atoms with Gasteiger partial charge < -0.3 is 10.2 Å². The number of halogens is 1. The van der Waals surface area contributed by atoms with Crippen molar-refractivity contribution in [2.45, 2.75) is 4.90 Å². The number of aromatic nitrogens is 1. The van der Waals surface area contributed by atoms with Crippen LogP contribution in [0, 0.1) is 0 Å². The van der Waals surface area contributed by atoms with Crippen LogP contribution in [0.4, 0.5) is 5.69 Å². The number of aromatic carboxylic acids is 1. The quantitative estimate of drug-likeness (QED) is 0.738. The van der Waals surface area contributed by atoms with Gasteiger partial charge in [-0.1, -0.05) is 11.6 Å². The highest BCUT2D eigenvalue weighted by atomic mass is 35.5. The Morgan fingerprint density at radius 3 is 2.52 bits per heavy atom. The SMILES string of the molecule is O=C(O)c1ccc(NS(=O)(=O)c2cncc(Cl)c2)c(O)c1. The maximum atomic E-state index is 12.1. The van der Waals surface area contributed by atoms with Crippen molar-refractivity contribution in [2.24, 2.45) is 0 Å². The number of phenolic OH excluding ortho intramolecular Hbond substituents is 1. The van der Waals surface area contributed by atoms with Crippen LogP contribution in [-0.4, -0.2) is 29.6 Å². The fraction of sp³-hybridized carbons (Fsp3) is 0. The van der Waals surface area contributed by atoms with Crippen LogP contribution in [0.3, 0.4) is 0 Å². The summed E-state index contributed by atoms with van der Waals surface area (Å²) < 4.78 is 26.3. The molecule has 0 atom stereocenters. The minimum Gasteiger partial charge on any atom is -0.506 e. The average Bonchev–Trinajstić information content (AvgIpc) is 2.40.